The molecule has 0 fully saturated rings. The Labute approximate surface area is 181 Å². The second-order valence-corrected chi connectivity index (χ2v) is 8.45. The number of thioether (sulfide) groups is 1. The molecule has 0 aliphatic heterocycles. The van der Waals surface area contributed by atoms with Crippen molar-refractivity contribution in [2.24, 2.45) is 0 Å². The number of fused-ring (bicyclic) bond motifs is 3. The summed E-state index contributed by atoms with van der Waals surface area (Å²) in [4.78, 5) is 14.0. The summed E-state index contributed by atoms with van der Waals surface area (Å²) < 4.78 is 0. The van der Waals surface area contributed by atoms with E-state index in [2.05, 4.69) is 53.8 Å². The summed E-state index contributed by atoms with van der Waals surface area (Å²) in [6, 6.07) is 32.9. The highest BCUT2D eigenvalue weighted by Gasteiger charge is 2.19. The first-order valence-electron chi connectivity index (χ1n) is 10.1. The van der Waals surface area contributed by atoms with E-state index >= 15 is 0 Å². The van der Waals surface area contributed by atoms with Crippen molar-refractivity contribution >= 4 is 23.4 Å². The smallest absolute Gasteiger partial charge is 0.256 e. The van der Waals surface area contributed by atoms with E-state index in [1.807, 2.05) is 48.5 Å². The van der Waals surface area contributed by atoms with Crippen LogP contribution >= 0.6 is 11.8 Å². The molecule has 0 aromatic heterocycles. The SMILES string of the molecule is O=C(Nc1ccc2c(c1)Cc1ccccc1-2)c1ccccc1SCc1ccccc1. The molecule has 0 spiro atoms. The molecule has 1 N–H and O–H groups in total. The van der Waals surface area contributed by atoms with Crippen LogP contribution in [-0.4, -0.2) is 5.91 Å². The summed E-state index contributed by atoms with van der Waals surface area (Å²) in [5, 5.41) is 3.10. The van der Waals surface area contributed by atoms with E-state index in [0.717, 1.165) is 22.8 Å². The maximum Gasteiger partial charge on any atom is 0.256 e. The Morgan fingerprint density at radius 3 is 2.40 bits per heavy atom. The zero-order valence-electron chi connectivity index (χ0n) is 16.5. The molecule has 0 heterocycles. The van der Waals surface area contributed by atoms with Gasteiger partial charge in [-0.25, -0.2) is 0 Å². The number of anilines is 1. The van der Waals surface area contributed by atoms with Gasteiger partial charge in [-0.2, -0.15) is 0 Å². The van der Waals surface area contributed by atoms with Gasteiger partial charge in [0.05, 0.1) is 5.56 Å². The minimum absolute atomic E-state index is 0.0679. The van der Waals surface area contributed by atoms with E-state index in [9.17, 15) is 4.79 Å². The van der Waals surface area contributed by atoms with Gasteiger partial charge in [-0.3, -0.25) is 4.79 Å². The molecule has 0 saturated carbocycles. The van der Waals surface area contributed by atoms with Crippen molar-refractivity contribution < 1.29 is 4.79 Å². The monoisotopic (exact) mass is 407 g/mol. The average molecular weight is 408 g/mol. The first-order chi connectivity index (χ1) is 14.8. The molecule has 146 valence electrons. The molecule has 4 aromatic rings. The molecule has 0 bridgehead atoms. The van der Waals surface area contributed by atoms with E-state index in [-0.39, 0.29) is 5.91 Å². The molecule has 3 heteroatoms. The van der Waals surface area contributed by atoms with Crippen molar-refractivity contribution in [1.82, 2.24) is 0 Å². The molecule has 1 aliphatic carbocycles. The van der Waals surface area contributed by atoms with Gasteiger partial charge >= 0.3 is 0 Å². The molecular formula is C27H21NOS. The Hall–Kier alpha value is -3.30. The maximum absolute atomic E-state index is 13.0. The summed E-state index contributed by atoms with van der Waals surface area (Å²) in [7, 11) is 0. The average Bonchev–Trinajstić information content (AvgIpc) is 3.16. The number of hydrogen-bond acceptors (Lipinski definition) is 2. The fourth-order valence-corrected chi connectivity index (χ4v) is 4.94. The highest BCUT2D eigenvalue weighted by Crippen LogP contribution is 2.37. The predicted molar refractivity (Wildman–Crippen MR) is 125 cm³/mol. The summed E-state index contributed by atoms with van der Waals surface area (Å²) in [6.45, 7) is 0. The van der Waals surface area contributed by atoms with Gasteiger partial charge in [0.2, 0.25) is 0 Å². The molecule has 1 aliphatic rings. The fraction of sp³-hybridized carbons (Fsp3) is 0.0741. The highest BCUT2D eigenvalue weighted by atomic mass is 32.2. The third-order valence-corrected chi connectivity index (χ3v) is 6.57. The molecule has 30 heavy (non-hydrogen) atoms. The quantitative estimate of drug-likeness (QED) is 0.325. The number of hydrogen-bond donors (Lipinski definition) is 1. The lowest BCUT2D eigenvalue weighted by molar-refractivity contribution is 0.102. The van der Waals surface area contributed by atoms with E-state index in [1.165, 1.54) is 27.8 Å². The Morgan fingerprint density at radius 2 is 1.50 bits per heavy atom. The molecule has 0 unspecified atom stereocenters. The van der Waals surface area contributed by atoms with Gasteiger partial charge in [0.15, 0.2) is 0 Å². The first-order valence-corrected chi connectivity index (χ1v) is 11.0. The van der Waals surface area contributed by atoms with Crippen molar-refractivity contribution in [3.8, 4) is 11.1 Å². The van der Waals surface area contributed by atoms with E-state index in [4.69, 9.17) is 0 Å². The van der Waals surface area contributed by atoms with Crippen molar-refractivity contribution in [3.63, 3.8) is 0 Å². The molecule has 0 saturated heterocycles. The van der Waals surface area contributed by atoms with Gasteiger partial charge in [-0.15, -0.1) is 11.8 Å². The number of nitrogens with one attached hydrogen (secondary N) is 1. The molecule has 2 nitrogen and oxygen atoms in total. The van der Waals surface area contributed by atoms with Crippen LogP contribution in [0.2, 0.25) is 0 Å². The number of benzene rings is 4. The number of carbonyl (C=O) groups excluding carboxylic acids is 1. The summed E-state index contributed by atoms with van der Waals surface area (Å²) in [6.07, 6.45) is 0.915. The second kappa shape index (κ2) is 8.21. The largest absolute Gasteiger partial charge is 0.322 e. The Bertz CT molecular complexity index is 1220. The first kappa shape index (κ1) is 18.7. The van der Waals surface area contributed by atoms with Crippen molar-refractivity contribution in [3.05, 3.63) is 119 Å². The minimum Gasteiger partial charge on any atom is -0.322 e. The van der Waals surface area contributed by atoms with Crippen LogP contribution < -0.4 is 5.32 Å². The normalized spacial score (nSPS) is 11.6. The maximum atomic E-state index is 13.0. The lowest BCUT2D eigenvalue weighted by Gasteiger charge is -2.11. The van der Waals surface area contributed by atoms with Crippen molar-refractivity contribution in [2.45, 2.75) is 17.1 Å². The third kappa shape index (κ3) is 3.77. The van der Waals surface area contributed by atoms with E-state index in [0.29, 0.717) is 5.56 Å². The van der Waals surface area contributed by atoms with Crippen LogP contribution in [0.4, 0.5) is 5.69 Å². The molecule has 5 rings (SSSR count). The molecule has 1 amide bonds. The lowest BCUT2D eigenvalue weighted by Crippen LogP contribution is -2.13. The Balaban J connectivity index is 1.33. The molecule has 4 aromatic carbocycles. The summed E-state index contributed by atoms with van der Waals surface area (Å²) >= 11 is 1.69. The fourth-order valence-electron chi connectivity index (χ4n) is 3.94. The zero-order valence-corrected chi connectivity index (χ0v) is 17.3. The lowest BCUT2D eigenvalue weighted by atomic mass is 10.1. The zero-order chi connectivity index (χ0) is 20.3. The topological polar surface area (TPSA) is 29.1 Å². The van der Waals surface area contributed by atoms with Crippen molar-refractivity contribution in [2.75, 3.05) is 5.32 Å². The van der Waals surface area contributed by atoms with Gasteiger partial charge < -0.3 is 5.32 Å². The minimum atomic E-state index is -0.0679. The van der Waals surface area contributed by atoms with Crippen LogP contribution in [0.15, 0.2) is 102 Å². The van der Waals surface area contributed by atoms with Gasteiger partial charge in [0.25, 0.3) is 5.91 Å². The highest BCUT2D eigenvalue weighted by molar-refractivity contribution is 7.98. The van der Waals surface area contributed by atoms with Crippen LogP contribution in [0.1, 0.15) is 27.0 Å². The number of amides is 1. The van der Waals surface area contributed by atoms with Crippen LogP contribution in [0.25, 0.3) is 11.1 Å². The molecule has 0 atom stereocenters. The molecular weight excluding hydrogens is 386 g/mol. The summed E-state index contributed by atoms with van der Waals surface area (Å²) in [5.41, 5.74) is 7.97. The Morgan fingerprint density at radius 1 is 0.767 bits per heavy atom. The third-order valence-electron chi connectivity index (χ3n) is 5.42. The standard InChI is InChI=1S/C27H21NOS/c29-27(25-12-6-7-13-26(25)30-18-19-8-2-1-3-9-19)28-22-14-15-24-21(17-22)16-20-10-4-5-11-23(20)24/h1-15,17H,16,18H2,(H,28,29). The Kier molecular flexibility index (Phi) is 5.12. The van der Waals surface area contributed by atoms with Gasteiger partial charge in [-0.05, 0) is 58.5 Å². The van der Waals surface area contributed by atoms with Gasteiger partial charge in [0, 0.05) is 16.3 Å². The van der Waals surface area contributed by atoms with Gasteiger partial charge in [0.1, 0.15) is 0 Å². The van der Waals surface area contributed by atoms with Crippen LogP contribution in [0.5, 0.6) is 0 Å². The van der Waals surface area contributed by atoms with Gasteiger partial charge in [-0.1, -0.05) is 72.8 Å². The molecule has 0 radical (unpaired) electrons. The van der Waals surface area contributed by atoms with E-state index < -0.39 is 0 Å². The number of rotatable bonds is 5. The van der Waals surface area contributed by atoms with Crippen molar-refractivity contribution in [1.29, 1.82) is 0 Å². The predicted octanol–water partition coefficient (Wildman–Crippen LogP) is 6.80. The van der Waals surface area contributed by atoms with Crippen LogP contribution in [-0.2, 0) is 12.2 Å². The van der Waals surface area contributed by atoms with Crippen LogP contribution in [0, 0.1) is 0 Å². The van der Waals surface area contributed by atoms with E-state index in [1.54, 1.807) is 11.8 Å². The van der Waals surface area contributed by atoms with Crippen LogP contribution in [0.3, 0.4) is 0 Å². The number of carbonyl (C=O) groups is 1. The summed E-state index contributed by atoms with van der Waals surface area (Å²) in [5.74, 6) is 0.768. The second-order valence-electron chi connectivity index (χ2n) is 7.43.